The second-order valence-corrected chi connectivity index (χ2v) is 6.03. The number of thioether (sulfide) groups is 1. The zero-order valence-electron chi connectivity index (χ0n) is 12.2. The highest BCUT2D eigenvalue weighted by atomic mass is 32.2. The van der Waals surface area contributed by atoms with Gasteiger partial charge in [0.2, 0.25) is 0 Å². The van der Waals surface area contributed by atoms with Crippen LogP contribution in [0.15, 0.2) is 28.2 Å². The van der Waals surface area contributed by atoms with Crippen molar-refractivity contribution in [2.45, 2.75) is 31.6 Å². The molecule has 0 unspecified atom stereocenters. The first kappa shape index (κ1) is 14.3. The molecule has 0 saturated heterocycles. The normalized spacial score (nSPS) is 15.0. The molecule has 0 amide bonds. The molecule has 0 aliphatic carbocycles. The molecule has 5 nitrogen and oxygen atoms in total. The van der Waals surface area contributed by atoms with Crippen molar-refractivity contribution in [3.8, 4) is 0 Å². The van der Waals surface area contributed by atoms with Crippen LogP contribution in [-0.4, -0.2) is 32.7 Å². The van der Waals surface area contributed by atoms with E-state index in [1.807, 2.05) is 31.4 Å². The van der Waals surface area contributed by atoms with Gasteiger partial charge in [-0.05, 0) is 25.3 Å². The summed E-state index contributed by atoms with van der Waals surface area (Å²) >= 11 is 1.47. The number of nitrogens with one attached hydrogen (secondary N) is 1. The first-order valence-electron chi connectivity index (χ1n) is 6.96. The van der Waals surface area contributed by atoms with Crippen molar-refractivity contribution < 1.29 is 0 Å². The predicted octanol–water partition coefficient (Wildman–Crippen LogP) is 1.75. The van der Waals surface area contributed by atoms with Gasteiger partial charge < -0.3 is 4.98 Å². The van der Waals surface area contributed by atoms with Gasteiger partial charge in [-0.1, -0.05) is 17.8 Å². The molecule has 0 radical (unpaired) electrons. The number of hydrogen-bond acceptors (Lipinski definition) is 5. The Hall–Kier alpha value is -1.66. The molecule has 0 bridgehead atoms. The lowest BCUT2D eigenvalue weighted by atomic mass is 10.1. The van der Waals surface area contributed by atoms with Crippen molar-refractivity contribution in [3.63, 3.8) is 0 Å². The van der Waals surface area contributed by atoms with E-state index in [0.717, 1.165) is 42.2 Å². The molecule has 0 fully saturated rings. The fourth-order valence-electron chi connectivity index (χ4n) is 2.61. The maximum Gasteiger partial charge on any atom is 0.256 e. The SMILES string of the molecule is CSc1nc2c(c(=O)[nH]1)CN(Cc1cccc(C)n1)CC2. The Labute approximate surface area is 127 Å². The highest BCUT2D eigenvalue weighted by Gasteiger charge is 2.21. The third kappa shape index (κ3) is 3.16. The summed E-state index contributed by atoms with van der Waals surface area (Å²) in [6, 6.07) is 6.05. The summed E-state index contributed by atoms with van der Waals surface area (Å²) < 4.78 is 0. The number of aromatic amines is 1. The molecule has 2 aromatic rings. The van der Waals surface area contributed by atoms with Gasteiger partial charge in [-0.15, -0.1) is 0 Å². The van der Waals surface area contributed by atoms with Crippen LogP contribution < -0.4 is 5.56 Å². The van der Waals surface area contributed by atoms with Gasteiger partial charge in [0.1, 0.15) is 0 Å². The third-order valence-corrected chi connectivity index (χ3v) is 4.23. The van der Waals surface area contributed by atoms with Gasteiger partial charge in [-0.3, -0.25) is 14.7 Å². The molecular weight excluding hydrogens is 284 g/mol. The Bertz CT molecular complexity index is 713. The number of rotatable bonds is 3. The molecule has 1 aliphatic rings. The molecule has 0 saturated carbocycles. The first-order valence-corrected chi connectivity index (χ1v) is 8.19. The van der Waals surface area contributed by atoms with E-state index in [1.165, 1.54) is 11.8 Å². The smallest absolute Gasteiger partial charge is 0.256 e. The number of hydrogen-bond donors (Lipinski definition) is 1. The average Bonchev–Trinajstić information content (AvgIpc) is 2.47. The lowest BCUT2D eigenvalue weighted by Gasteiger charge is -2.27. The van der Waals surface area contributed by atoms with Crippen LogP contribution in [0, 0.1) is 6.92 Å². The van der Waals surface area contributed by atoms with Crippen molar-refractivity contribution in [1.82, 2.24) is 19.9 Å². The van der Waals surface area contributed by atoms with Crippen molar-refractivity contribution in [2.24, 2.45) is 0 Å². The monoisotopic (exact) mass is 302 g/mol. The molecule has 2 aromatic heterocycles. The zero-order chi connectivity index (χ0) is 14.8. The van der Waals surface area contributed by atoms with Crippen LogP contribution in [0.25, 0.3) is 0 Å². The van der Waals surface area contributed by atoms with Crippen molar-refractivity contribution >= 4 is 11.8 Å². The van der Waals surface area contributed by atoms with E-state index in [-0.39, 0.29) is 5.56 Å². The van der Waals surface area contributed by atoms with Gasteiger partial charge in [0, 0.05) is 31.7 Å². The van der Waals surface area contributed by atoms with Crippen LogP contribution in [0.3, 0.4) is 0 Å². The summed E-state index contributed by atoms with van der Waals surface area (Å²) in [6.07, 6.45) is 2.74. The van der Waals surface area contributed by atoms with Crippen LogP contribution in [0.2, 0.25) is 0 Å². The van der Waals surface area contributed by atoms with E-state index in [2.05, 4.69) is 19.9 Å². The van der Waals surface area contributed by atoms with Gasteiger partial charge in [0.15, 0.2) is 5.16 Å². The summed E-state index contributed by atoms with van der Waals surface area (Å²) in [7, 11) is 0. The molecule has 6 heteroatoms. The number of aryl methyl sites for hydroxylation is 1. The second-order valence-electron chi connectivity index (χ2n) is 5.23. The maximum absolute atomic E-state index is 12.1. The Morgan fingerprint density at radius 3 is 3.00 bits per heavy atom. The first-order chi connectivity index (χ1) is 10.2. The second kappa shape index (κ2) is 5.99. The van der Waals surface area contributed by atoms with Crippen LogP contribution in [0.1, 0.15) is 22.6 Å². The molecule has 1 aliphatic heterocycles. The van der Waals surface area contributed by atoms with Crippen LogP contribution >= 0.6 is 11.8 Å². The van der Waals surface area contributed by atoms with E-state index in [0.29, 0.717) is 11.7 Å². The highest BCUT2D eigenvalue weighted by Crippen LogP contribution is 2.17. The van der Waals surface area contributed by atoms with Gasteiger partial charge in [0.05, 0.1) is 17.0 Å². The summed E-state index contributed by atoms with van der Waals surface area (Å²) in [5.74, 6) is 0. The summed E-state index contributed by atoms with van der Waals surface area (Å²) in [5, 5.41) is 0.701. The molecule has 3 heterocycles. The Balaban J connectivity index is 1.80. The molecule has 0 aromatic carbocycles. The zero-order valence-corrected chi connectivity index (χ0v) is 13.0. The topological polar surface area (TPSA) is 61.9 Å². The van der Waals surface area contributed by atoms with E-state index < -0.39 is 0 Å². The molecular formula is C15H18N4OS. The lowest BCUT2D eigenvalue weighted by Crippen LogP contribution is -2.35. The van der Waals surface area contributed by atoms with Crippen molar-refractivity contribution in [3.05, 3.63) is 51.2 Å². The van der Waals surface area contributed by atoms with Gasteiger partial charge >= 0.3 is 0 Å². The van der Waals surface area contributed by atoms with Gasteiger partial charge in [-0.25, -0.2) is 4.98 Å². The maximum atomic E-state index is 12.1. The number of fused-ring (bicyclic) bond motifs is 1. The van der Waals surface area contributed by atoms with Crippen molar-refractivity contribution in [2.75, 3.05) is 12.8 Å². The summed E-state index contributed by atoms with van der Waals surface area (Å²) in [5.41, 5.74) is 3.80. The Kier molecular flexibility index (Phi) is 4.07. The molecule has 1 N–H and O–H groups in total. The third-order valence-electron chi connectivity index (χ3n) is 3.65. The minimum Gasteiger partial charge on any atom is -0.301 e. The fourth-order valence-corrected chi connectivity index (χ4v) is 3.00. The summed E-state index contributed by atoms with van der Waals surface area (Å²) in [4.78, 5) is 26.3. The Morgan fingerprint density at radius 2 is 2.24 bits per heavy atom. The molecule has 0 spiro atoms. The number of nitrogens with zero attached hydrogens (tertiary/aromatic N) is 3. The lowest BCUT2D eigenvalue weighted by molar-refractivity contribution is 0.238. The molecule has 3 rings (SSSR count). The number of H-pyrrole nitrogens is 1. The van der Waals surface area contributed by atoms with Crippen LogP contribution in [-0.2, 0) is 19.5 Å². The number of aromatic nitrogens is 3. The van der Waals surface area contributed by atoms with E-state index in [9.17, 15) is 4.79 Å². The minimum atomic E-state index is -0.00810. The van der Waals surface area contributed by atoms with E-state index in [4.69, 9.17) is 0 Å². The quantitative estimate of drug-likeness (QED) is 0.691. The largest absolute Gasteiger partial charge is 0.301 e. The van der Waals surface area contributed by atoms with Gasteiger partial charge in [0.25, 0.3) is 5.56 Å². The fraction of sp³-hybridized carbons (Fsp3) is 0.400. The standard InChI is InChI=1S/C15H18N4OS/c1-10-4-3-5-11(16-10)8-19-7-6-13-12(9-19)14(20)18-15(17-13)21-2/h3-5H,6-9H2,1-2H3,(H,17,18,20). The van der Waals surface area contributed by atoms with Gasteiger partial charge in [-0.2, -0.15) is 0 Å². The minimum absolute atomic E-state index is 0.00810. The molecule has 110 valence electrons. The summed E-state index contributed by atoms with van der Waals surface area (Å²) in [6.45, 7) is 4.31. The van der Waals surface area contributed by atoms with Crippen molar-refractivity contribution in [1.29, 1.82) is 0 Å². The van der Waals surface area contributed by atoms with Crippen LogP contribution in [0.4, 0.5) is 0 Å². The van der Waals surface area contributed by atoms with Crippen LogP contribution in [0.5, 0.6) is 0 Å². The Morgan fingerprint density at radius 1 is 1.38 bits per heavy atom. The van der Waals surface area contributed by atoms with E-state index in [1.54, 1.807) is 0 Å². The average molecular weight is 302 g/mol. The molecule has 21 heavy (non-hydrogen) atoms. The number of pyridine rings is 1. The highest BCUT2D eigenvalue weighted by molar-refractivity contribution is 7.98. The predicted molar refractivity (Wildman–Crippen MR) is 83.4 cm³/mol. The molecule has 0 atom stereocenters. The van der Waals surface area contributed by atoms with E-state index >= 15 is 0 Å².